The highest BCUT2D eigenvalue weighted by Crippen LogP contribution is 2.31. The molecule has 4 rings (SSSR count). The van der Waals surface area contributed by atoms with Gasteiger partial charge in [-0.15, -0.1) is 0 Å². The van der Waals surface area contributed by atoms with Gasteiger partial charge >= 0.3 is 11.7 Å². The van der Waals surface area contributed by atoms with Crippen molar-refractivity contribution in [3.05, 3.63) is 91.6 Å². The van der Waals surface area contributed by atoms with Crippen LogP contribution < -0.4 is 21.9 Å². The van der Waals surface area contributed by atoms with Gasteiger partial charge in [-0.1, -0.05) is 43.7 Å². The zero-order chi connectivity index (χ0) is 24.4. The van der Waals surface area contributed by atoms with Gasteiger partial charge in [-0.3, -0.25) is 19.1 Å². The first-order chi connectivity index (χ1) is 16.3. The number of nitrogens with zero attached hydrogens (tertiary/aromatic N) is 2. The number of aromatic amines is 1. The summed E-state index contributed by atoms with van der Waals surface area (Å²) in [5.41, 5.74) is 6.92. The van der Waals surface area contributed by atoms with Crippen molar-refractivity contribution in [2.45, 2.75) is 38.8 Å². The summed E-state index contributed by atoms with van der Waals surface area (Å²) in [6, 6.07) is 14.1. The predicted molar refractivity (Wildman–Crippen MR) is 128 cm³/mol. The molecule has 9 heteroatoms. The van der Waals surface area contributed by atoms with E-state index in [2.05, 4.69) is 4.98 Å². The van der Waals surface area contributed by atoms with E-state index in [1.54, 1.807) is 12.1 Å². The smallest absolute Gasteiger partial charge is 0.339 e. The van der Waals surface area contributed by atoms with Crippen LogP contribution >= 0.6 is 0 Å². The number of fused-ring (bicyclic) bond motifs is 1. The number of rotatable bonds is 6. The number of benzene rings is 2. The summed E-state index contributed by atoms with van der Waals surface area (Å²) in [6.07, 6.45) is 1.48. The molecule has 0 saturated heterocycles. The van der Waals surface area contributed by atoms with Crippen molar-refractivity contribution in [3.8, 4) is 0 Å². The van der Waals surface area contributed by atoms with E-state index in [9.17, 15) is 19.2 Å². The van der Waals surface area contributed by atoms with Crippen molar-refractivity contribution < 1.29 is 14.3 Å². The predicted octanol–water partition coefficient (Wildman–Crippen LogP) is 2.65. The Morgan fingerprint density at radius 2 is 1.91 bits per heavy atom. The van der Waals surface area contributed by atoms with Gasteiger partial charge in [0.05, 0.1) is 5.56 Å². The average Bonchev–Trinajstić information content (AvgIpc) is 2.83. The molecule has 0 aliphatic carbocycles. The van der Waals surface area contributed by atoms with Crippen molar-refractivity contribution in [2.75, 3.05) is 17.7 Å². The summed E-state index contributed by atoms with van der Waals surface area (Å²) in [6.45, 7) is 2.30. The number of ether oxygens (including phenoxy) is 1. The number of amides is 1. The lowest BCUT2D eigenvalue weighted by atomic mass is 9.93. The van der Waals surface area contributed by atoms with Crippen LogP contribution in [0, 0.1) is 0 Å². The molecule has 2 aromatic carbocycles. The lowest BCUT2D eigenvalue weighted by Crippen LogP contribution is -2.39. The quantitative estimate of drug-likeness (QED) is 0.542. The van der Waals surface area contributed by atoms with Crippen molar-refractivity contribution in [3.63, 3.8) is 0 Å². The van der Waals surface area contributed by atoms with Gasteiger partial charge in [0, 0.05) is 25.6 Å². The van der Waals surface area contributed by atoms with Gasteiger partial charge in [-0.25, -0.2) is 9.59 Å². The van der Waals surface area contributed by atoms with E-state index >= 15 is 0 Å². The molecule has 34 heavy (non-hydrogen) atoms. The van der Waals surface area contributed by atoms with Crippen LogP contribution in [0.3, 0.4) is 0 Å². The van der Waals surface area contributed by atoms with E-state index in [4.69, 9.17) is 10.5 Å². The summed E-state index contributed by atoms with van der Waals surface area (Å²) >= 11 is 0. The van der Waals surface area contributed by atoms with Gasteiger partial charge < -0.3 is 15.4 Å². The Morgan fingerprint density at radius 3 is 2.62 bits per heavy atom. The summed E-state index contributed by atoms with van der Waals surface area (Å²) in [7, 11) is 1.43. The molecule has 0 fully saturated rings. The Kier molecular flexibility index (Phi) is 6.36. The van der Waals surface area contributed by atoms with Crippen molar-refractivity contribution >= 4 is 23.4 Å². The van der Waals surface area contributed by atoms with E-state index in [0.717, 1.165) is 16.9 Å². The number of nitrogens with one attached hydrogen (secondary N) is 1. The maximum absolute atomic E-state index is 13.3. The summed E-state index contributed by atoms with van der Waals surface area (Å²) in [4.78, 5) is 53.9. The lowest BCUT2D eigenvalue weighted by molar-refractivity contribution is 0.0252. The van der Waals surface area contributed by atoms with E-state index in [0.29, 0.717) is 30.5 Å². The minimum atomic E-state index is -0.739. The molecule has 0 spiro atoms. The first-order valence-corrected chi connectivity index (χ1v) is 11.1. The van der Waals surface area contributed by atoms with Gasteiger partial charge in [0.15, 0.2) is 5.69 Å². The van der Waals surface area contributed by atoms with Crippen LogP contribution in [0.2, 0.25) is 0 Å². The van der Waals surface area contributed by atoms with E-state index in [1.807, 2.05) is 37.3 Å². The van der Waals surface area contributed by atoms with Crippen LogP contribution in [0.4, 0.5) is 11.5 Å². The number of carbonyl (C=O) groups excluding carboxylic acids is 2. The van der Waals surface area contributed by atoms with Crippen LogP contribution in [0.5, 0.6) is 0 Å². The molecule has 1 aliphatic heterocycles. The average molecular weight is 463 g/mol. The summed E-state index contributed by atoms with van der Waals surface area (Å²) in [5.74, 6) is -1.01. The summed E-state index contributed by atoms with van der Waals surface area (Å²) < 4.78 is 6.84. The number of esters is 1. The largest absolute Gasteiger partial charge is 0.454 e. The molecular weight excluding hydrogens is 436 g/mol. The molecule has 1 aliphatic rings. The molecule has 1 aromatic heterocycles. The number of cyclic esters (lactones) is 1. The molecule has 2 heterocycles. The number of unbranched alkanes of at least 4 members (excludes halogenated alkanes) is 1. The molecule has 1 amide bonds. The van der Waals surface area contributed by atoms with Crippen LogP contribution in [0.15, 0.2) is 58.1 Å². The van der Waals surface area contributed by atoms with Crippen LogP contribution in [-0.2, 0) is 17.7 Å². The number of H-pyrrole nitrogens is 1. The number of nitrogen functional groups attached to an aromatic ring is 1. The molecule has 0 bridgehead atoms. The lowest BCUT2D eigenvalue weighted by Gasteiger charge is -2.26. The second-order valence-electron chi connectivity index (χ2n) is 8.24. The number of hydrogen-bond acceptors (Lipinski definition) is 6. The third kappa shape index (κ3) is 4.24. The number of aromatic nitrogens is 2. The van der Waals surface area contributed by atoms with Gasteiger partial charge in [-0.2, -0.15) is 0 Å². The maximum Gasteiger partial charge on any atom is 0.339 e. The van der Waals surface area contributed by atoms with Crippen molar-refractivity contribution in [1.29, 1.82) is 0 Å². The Labute approximate surface area is 195 Å². The highest BCUT2D eigenvalue weighted by atomic mass is 16.5. The number of nitrogens with two attached hydrogens (primary N) is 1. The Balaban J connectivity index is 1.67. The minimum absolute atomic E-state index is 0.0660. The molecule has 0 unspecified atom stereocenters. The molecular formula is C25H26N4O5. The Morgan fingerprint density at radius 1 is 1.18 bits per heavy atom. The van der Waals surface area contributed by atoms with Crippen LogP contribution in [-0.4, -0.2) is 28.5 Å². The van der Waals surface area contributed by atoms with E-state index < -0.39 is 29.2 Å². The van der Waals surface area contributed by atoms with Gasteiger partial charge in [0.1, 0.15) is 11.9 Å². The fourth-order valence-electron chi connectivity index (χ4n) is 4.12. The Hall–Kier alpha value is -4.14. The van der Waals surface area contributed by atoms with Crippen molar-refractivity contribution in [2.24, 2.45) is 0 Å². The molecule has 0 saturated carbocycles. The molecule has 3 N–H and O–H groups in total. The first-order valence-electron chi connectivity index (χ1n) is 11.1. The Bertz CT molecular complexity index is 1360. The fraction of sp³-hybridized carbons (Fsp3) is 0.280. The minimum Gasteiger partial charge on any atom is -0.454 e. The van der Waals surface area contributed by atoms with E-state index in [1.165, 1.54) is 17.7 Å². The van der Waals surface area contributed by atoms with E-state index in [-0.39, 0.29) is 17.1 Å². The topological polar surface area (TPSA) is 127 Å². The van der Waals surface area contributed by atoms with Crippen LogP contribution in [0.25, 0.3) is 0 Å². The molecule has 3 aromatic rings. The van der Waals surface area contributed by atoms with Gasteiger partial charge in [0.25, 0.3) is 11.5 Å². The first kappa shape index (κ1) is 23.0. The zero-order valence-corrected chi connectivity index (χ0v) is 19.0. The highest BCUT2D eigenvalue weighted by Gasteiger charge is 2.29. The number of hydrogen-bond donors (Lipinski definition) is 2. The summed E-state index contributed by atoms with van der Waals surface area (Å²) in [5, 5.41) is 0. The fourth-order valence-corrected chi connectivity index (χ4v) is 4.12. The molecule has 1 atom stereocenters. The van der Waals surface area contributed by atoms with Crippen LogP contribution in [0.1, 0.15) is 57.7 Å². The third-order valence-corrected chi connectivity index (χ3v) is 5.99. The highest BCUT2D eigenvalue weighted by molar-refractivity contribution is 6.07. The SMILES string of the molecule is CCCCn1c(N)c(N(C)C(=O)c2ccc3c(c2)C[C@@H](c2ccccc2)OC3=O)c(=O)[nH]c1=O. The number of carbonyl (C=O) groups is 2. The molecule has 176 valence electrons. The number of anilines is 2. The standard InChI is InChI=1S/C25H26N4O5/c1-3-4-12-29-21(26)20(22(30)27-25(29)33)28(2)23(31)16-10-11-18-17(13-16)14-19(34-24(18)32)15-8-6-5-7-9-15/h5-11,13,19H,3-4,12,14,26H2,1-2H3,(H,27,30,33)/t19-/m0/s1. The molecule has 9 nitrogen and oxygen atoms in total. The van der Waals surface area contributed by atoms with Gasteiger partial charge in [0.2, 0.25) is 0 Å². The monoisotopic (exact) mass is 462 g/mol. The van der Waals surface area contributed by atoms with Gasteiger partial charge in [-0.05, 0) is 35.7 Å². The second-order valence-corrected chi connectivity index (χ2v) is 8.24. The third-order valence-electron chi connectivity index (χ3n) is 5.99. The normalized spacial score (nSPS) is 14.9. The second kappa shape index (κ2) is 9.38. The van der Waals surface area contributed by atoms with Crippen molar-refractivity contribution in [1.82, 2.24) is 9.55 Å². The zero-order valence-electron chi connectivity index (χ0n) is 19.0. The molecule has 0 radical (unpaired) electrons. The maximum atomic E-state index is 13.3.